The van der Waals surface area contributed by atoms with Crippen molar-refractivity contribution in [2.75, 3.05) is 20.2 Å². The van der Waals surface area contributed by atoms with Crippen LogP contribution in [-0.2, 0) is 14.8 Å². The smallest absolute Gasteiger partial charge is 0.244 e. The number of likely N-dealkylation sites (N-methyl/N-ethyl adjacent to an activating group) is 1. The van der Waals surface area contributed by atoms with Gasteiger partial charge in [0.2, 0.25) is 15.9 Å². The first-order valence-corrected chi connectivity index (χ1v) is 7.81. The molecule has 6 nitrogen and oxygen atoms in total. The number of sulfonamides is 1. The maximum atomic E-state index is 12.1. The number of rotatable bonds is 6. The molecule has 106 valence electrons. The van der Waals surface area contributed by atoms with E-state index in [9.17, 15) is 13.2 Å². The second-order valence-electron chi connectivity index (χ2n) is 3.52. The van der Waals surface area contributed by atoms with Crippen molar-refractivity contribution >= 4 is 31.9 Å². The monoisotopic (exact) mass is 350 g/mol. The Morgan fingerprint density at radius 1 is 1.42 bits per heavy atom. The van der Waals surface area contributed by atoms with Crippen molar-refractivity contribution in [3.05, 3.63) is 22.7 Å². The third kappa shape index (κ3) is 4.48. The number of hydrogen-bond donors (Lipinski definition) is 2. The Bertz CT molecular complexity index is 560. The highest BCUT2D eigenvalue weighted by Crippen LogP contribution is 2.27. The van der Waals surface area contributed by atoms with Gasteiger partial charge in [-0.05, 0) is 25.1 Å². The Hall–Kier alpha value is -1.12. The van der Waals surface area contributed by atoms with Crippen molar-refractivity contribution in [2.24, 2.45) is 0 Å². The average molecular weight is 351 g/mol. The Labute approximate surface area is 120 Å². The number of halogens is 1. The lowest BCUT2D eigenvalue weighted by Crippen LogP contribution is -2.35. The van der Waals surface area contributed by atoms with Crippen LogP contribution in [0.25, 0.3) is 0 Å². The largest absolute Gasteiger partial charge is 0.492 e. The van der Waals surface area contributed by atoms with E-state index in [4.69, 9.17) is 4.74 Å². The standard InChI is InChI=1S/C11H15BrN2O4S/c1-3-18-9-5-4-8(12)6-10(9)19(16,17)14-7-11(15)13-2/h4-6,14H,3,7H2,1-2H3,(H,13,15). The zero-order valence-electron chi connectivity index (χ0n) is 10.6. The van der Waals surface area contributed by atoms with Crippen LogP contribution in [0.2, 0.25) is 0 Å². The van der Waals surface area contributed by atoms with E-state index >= 15 is 0 Å². The molecular weight excluding hydrogens is 336 g/mol. The van der Waals surface area contributed by atoms with Gasteiger partial charge in [-0.15, -0.1) is 0 Å². The van der Waals surface area contributed by atoms with Gasteiger partial charge in [-0.1, -0.05) is 15.9 Å². The van der Waals surface area contributed by atoms with E-state index in [1.54, 1.807) is 19.1 Å². The van der Waals surface area contributed by atoms with Gasteiger partial charge in [0.25, 0.3) is 0 Å². The van der Waals surface area contributed by atoms with Crippen molar-refractivity contribution in [1.82, 2.24) is 10.0 Å². The van der Waals surface area contributed by atoms with Crippen LogP contribution in [0.3, 0.4) is 0 Å². The first-order chi connectivity index (χ1) is 8.90. The summed E-state index contributed by atoms with van der Waals surface area (Å²) in [6, 6.07) is 4.67. The predicted molar refractivity (Wildman–Crippen MR) is 74.6 cm³/mol. The van der Waals surface area contributed by atoms with Gasteiger partial charge in [-0.25, -0.2) is 13.1 Å². The number of carbonyl (C=O) groups is 1. The molecule has 19 heavy (non-hydrogen) atoms. The fourth-order valence-electron chi connectivity index (χ4n) is 1.29. The van der Waals surface area contributed by atoms with Crippen LogP contribution in [0, 0.1) is 0 Å². The number of amides is 1. The summed E-state index contributed by atoms with van der Waals surface area (Å²) in [6.07, 6.45) is 0. The first-order valence-electron chi connectivity index (χ1n) is 5.53. The zero-order valence-corrected chi connectivity index (χ0v) is 13.0. The predicted octanol–water partition coefficient (Wildman–Crippen LogP) is 0.872. The number of nitrogens with one attached hydrogen (secondary N) is 2. The quantitative estimate of drug-likeness (QED) is 0.797. The lowest BCUT2D eigenvalue weighted by Gasteiger charge is -2.12. The van der Waals surface area contributed by atoms with Crippen LogP contribution >= 0.6 is 15.9 Å². The van der Waals surface area contributed by atoms with E-state index in [2.05, 4.69) is 26.0 Å². The Morgan fingerprint density at radius 3 is 2.68 bits per heavy atom. The maximum Gasteiger partial charge on any atom is 0.244 e. The van der Waals surface area contributed by atoms with Crippen molar-refractivity contribution in [3.8, 4) is 5.75 Å². The summed E-state index contributed by atoms with van der Waals surface area (Å²) in [5, 5.41) is 2.33. The van der Waals surface area contributed by atoms with Crippen LogP contribution in [0.5, 0.6) is 5.75 Å². The van der Waals surface area contributed by atoms with Crippen molar-refractivity contribution in [3.63, 3.8) is 0 Å². The molecule has 0 aliphatic carbocycles. The molecule has 0 aliphatic rings. The minimum atomic E-state index is -3.81. The molecule has 2 N–H and O–H groups in total. The normalized spacial score (nSPS) is 11.1. The molecule has 0 fully saturated rings. The Morgan fingerprint density at radius 2 is 2.11 bits per heavy atom. The van der Waals surface area contributed by atoms with E-state index in [0.717, 1.165) is 0 Å². The molecule has 1 amide bonds. The molecule has 0 unspecified atom stereocenters. The SMILES string of the molecule is CCOc1ccc(Br)cc1S(=O)(=O)NCC(=O)NC. The molecule has 0 radical (unpaired) electrons. The number of carbonyl (C=O) groups excluding carboxylic acids is 1. The highest BCUT2D eigenvalue weighted by Gasteiger charge is 2.20. The summed E-state index contributed by atoms with van der Waals surface area (Å²) in [6.45, 7) is 1.78. The van der Waals surface area contributed by atoms with Crippen LogP contribution in [0.1, 0.15) is 6.92 Å². The van der Waals surface area contributed by atoms with Gasteiger partial charge in [-0.3, -0.25) is 4.79 Å². The maximum absolute atomic E-state index is 12.1. The van der Waals surface area contributed by atoms with Crippen LogP contribution < -0.4 is 14.8 Å². The van der Waals surface area contributed by atoms with Gasteiger partial charge in [0.15, 0.2) is 0 Å². The van der Waals surface area contributed by atoms with Gasteiger partial charge in [0.05, 0.1) is 13.2 Å². The van der Waals surface area contributed by atoms with Gasteiger partial charge < -0.3 is 10.1 Å². The number of benzene rings is 1. The molecule has 8 heteroatoms. The molecule has 0 heterocycles. The first kappa shape index (κ1) is 15.9. The molecule has 0 bridgehead atoms. The molecule has 1 rings (SSSR count). The molecule has 0 spiro atoms. The average Bonchev–Trinajstić information content (AvgIpc) is 2.38. The number of hydrogen-bond acceptors (Lipinski definition) is 4. The van der Waals surface area contributed by atoms with Crippen molar-refractivity contribution in [1.29, 1.82) is 0 Å². The van der Waals surface area contributed by atoms with Crippen molar-refractivity contribution in [2.45, 2.75) is 11.8 Å². The van der Waals surface area contributed by atoms with E-state index in [-0.39, 0.29) is 17.2 Å². The highest BCUT2D eigenvalue weighted by molar-refractivity contribution is 9.10. The second-order valence-corrected chi connectivity index (χ2v) is 6.17. The van der Waals surface area contributed by atoms with E-state index in [0.29, 0.717) is 11.1 Å². The lowest BCUT2D eigenvalue weighted by molar-refractivity contribution is -0.119. The molecular formula is C11H15BrN2O4S. The van der Waals surface area contributed by atoms with Crippen LogP contribution in [0.15, 0.2) is 27.6 Å². The lowest BCUT2D eigenvalue weighted by atomic mass is 10.3. The summed E-state index contributed by atoms with van der Waals surface area (Å²) < 4.78 is 32.3. The van der Waals surface area contributed by atoms with Crippen molar-refractivity contribution < 1.29 is 17.9 Å². The Kier molecular flexibility index (Phi) is 5.77. The molecule has 0 atom stereocenters. The van der Waals surface area contributed by atoms with Gasteiger partial charge in [0.1, 0.15) is 10.6 Å². The summed E-state index contributed by atoms with van der Waals surface area (Å²) in [5.41, 5.74) is 0. The minimum Gasteiger partial charge on any atom is -0.492 e. The fourth-order valence-corrected chi connectivity index (χ4v) is 2.96. The summed E-state index contributed by atoms with van der Waals surface area (Å²) >= 11 is 3.21. The number of ether oxygens (including phenoxy) is 1. The summed E-state index contributed by atoms with van der Waals surface area (Å²) in [7, 11) is -2.37. The fraction of sp³-hybridized carbons (Fsp3) is 0.364. The highest BCUT2D eigenvalue weighted by atomic mass is 79.9. The topological polar surface area (TPSA) is 84.5 Å². The third-order valence-corrected chi connectivity index (χ3v) is 4.11. The van der Waals surface area contributed by atoms with E-state index < -0.39 is 15.9 Å². The van der Waals surface area contributed by atoms with Gasteiger partial charge >= 0.3 is 0 Å². The molecule has 0 saturated heterocycles. The second kappa shape index (κ2) is 6.88. The van der Waals surface area contributed by atoms with Crippen LogP contribution in [-0.4, -0.2) is 34.5 Å². The zero-order chi connectivity index (χ0) is 14.5. The third-order valence-electron chi connectivity index (χ3n) is 2.20. The molecule has 0 saturated carbocycles. The van der Waals surface area contributed by atoms with Gasteiger partial charge in [-0.2, -0.15) is 0 Å². The molecule has 0 aliphatic heterocycles. The van der Waals surface area contributed by atoms with E-state index in [1.807, 2.05) is 0 Å². The molecule has 1 aromatic rings. The van der Waals surface area contributed by atoms with E-state index in [1.165, 1.54) is 13.1 Å². The molecule has 1 aromatic carbocycles. The summed E-state index contributed by atoms with van der Waals surface area (Å²) in [5.74, 6) is -0.174. The van der Waals surface area contributed by atoms with Crippen LogP contribution in [0.4, 0.5) is 0 Å². The summed E-state index contributed by atoms with van der Waals surface area (Å²) in [4.78, 5) is 11.1. The van der Waals surface area contributed by atoms with Gasteiger partial charge in [0, 0.05) is 11.5 Å². The minimum absolute atomic E-state index is 0.00683. The Balaban J connectivity index is 3.05. The molecule has 0 aromatic heterocycles.